The number of carbonyl (C=O) groups excluding carboxylic acids is 1. The summed E-state index contributed by atoms with van der Waals surface area (Å²) in [6.07, 6.45) is 1.75. The minimum atomic E-state index is -0.0674. The summed E-state index contributed by atoms with van der Waals surface area (Å²) >= 11 is 0. The number of benzene rings is 2. The van der Waals surface area contributed by atoms with Crippen LogP contribution in [0.2, 0.25) is 0 Å². The monoisotopic (exact) mass is 376 g/mol. The predicted octanol–water partition coefficient (Wildman–Crippen LogP) is 3.59. The number of hydrogen-bond acceptors (Lipinski definition) is 4. The number of anilines is 1. The maximum absolute atomic E-state index is 12.7. The third-order valence-corrected chi connectivity index (χ3v) is 5.10. The third-order valence-electron chi connectivity index (χ3n) is 5.10. The van der Waals surface area contributed by atoms with Crippen LogP contribution in [0.1, 0.15) is 5.56 Å². The summed E-state index contributed by atoms with van der Waals surface area (Å²) < 4.78 is 5.21. The molecule has 3 aromatic rings. The summed E-state index contributed by atoms with van der Waals surface area (Å²) in [4.78, 5) is 21.3. The second kappa shape index (κ2) is 8.27. The molecule has 2 amide bonds. The number of methoxy groups -OCH3 is 1. The average Bonchev–Trinajstić information content (AvgIpc) is 2.75. The van der Waals surface area contributed by atoms with Gasteiger partial charge in [-0.15, -0.1) is 0 Å². The zero-order chi connectivity index (χ0) is 19.3. The molecule has 28 heavy (non-hydrogen) atoms. The zero-order valence-electron chi connectivity index (χ0n) is 16.0. The van der Waals surface area contributed by atoms with Gasteiger partial charge in [-0.2, -0.15) is 0 Å². The smallest absolute Gasteiger partial charge is 0.321 e. The Balaban J connectivity index is 1.33. The second-order valence-corrected chi connectivity index (χ2v) is 6.92. The van der Waals surface area contributed by atoms with Crippen molar-refractivity contribution in [1.29, 1.82) is 0 Å². The number of para-hydroxylation sites is 1. The number of nitrogens with one attached hydrogen (secondary N) is 1. The summed E-state index contributed by atoms with van der Waals surface area (Å²) in [5.41, 5.74) is 2.82. The summed E-state index contributed by atoms with van der Waals surface area (Å²) in [6, 6.07) is 17.8. The molecule has 144 valence electrons. The van der Waals surface area contributed by atoms with E-state index in [0.29, 0.717) is 13.1 Å². The van der Waals surface area contributed by atoms with Crippen LogP contribution in [0, 0.1) is 0 Å². The Kier molecular flexibility index (Phi) is 5.39. The van der Waals surface area contributed by atoms with Crippen molar-refractivity contribution in [1.82, 2.24) is 14.8 Å². The lowest BCUT2D eigenvalue weighted by molar-refractivity contribution is 0.143. The fraction of sp³-hybridized carbons (Fsp3) is 0.273. The number of fused-ring (bicyclic) bond motifs is 1. The van der Waals surface area contributed by atoms with Crippen LogP contribution in [0.5, 0.6) is 5.75 Å². The molecule has 0 radical (unpaired) electrons. The van der Waals surface area contributed by atoms with E-state index in [1.54, 1.807) is 13.3 Å². The normalized spacial score (nSPS) is 14.8. The van der Waals surface area contributed by atoms with Crippen LogP contribution in [0.25, 0.3) is 10.9 Å². The minimum absolute atomic E-state index is 0.0674. The van der Waals surface area contributed by atoms with E-state index in [-0.39, 0.29) is 6.03 Å². The van der Waals surface area contributed by atoms with Crippen LogP contribution < -0.4 is 10.1 Å². The van der Waals surface area contributed by atoms with Gasteiger partial charge in [-0.1, -0.05) is 30.3 Å². The molecule has 6 nitrogen and oxygen atoms in total. The van der Waals surface area contributed by atoms with Crippen molar-refractivity contribution in [3.8, 4) is 5.75 Å². The number of amides is 2. The van der Waals surface area contributed by atoms with Gasteiger partial charge >= 0.3 is 6.03 Å². The predicted molar refractivity (Wildman–Crippen MR) is 111 cm³/mol. The van der Waals surface area contributed by atoms with E-state index in [1.807, 2.05) is 47.4 Å². The minimum Gasteiger partial charge on any atom is -0.497 e. The number of ether oxygens (including phenoxy) is 1. The summed E-state index contributed by atoms with van der Waals surface area (Å²) in [5, 5.41) is 4.04. The van der Waals surface area contributed by atoms with Crippen LogP contribution in [0.3, 0.4) is 0 Å². The van der Waals surface area contributed by atoms with Crippen molar-refractivity contribution in [3.63, 3.8) is 0 Å². The first-order valence-corrected chi connectivity index (χ1v) is 9.48. The highest BCUT2D eigenvalue weighted by molar-refractivity contribution is 5.99. The Labute approximate surface area is 164 Å². The SMILES string of the molecule is COc1ccc(CN2CCN(C(=O)Nc3cccc4cccnc34)CC2)cc1. The quantitative estimate of drug-likeness (QED) is 0.756. The van der Waals surface area contributed by atoms with Gasteiger partial charge in [0.2, 0.25) is 0 Å². The molecule has 0 spiro atoms. The van der Waals surface area contributed by atoms with Gasteiger partial charge in [0.15, 0.2) is 0 Å². The number of aromatic nitrogens is 1. The van der Waals surface area contributed by atoms with E-state index in [4.69, 9.17) is 4.74 Å². The Hall–Kier alpha value is -3.12. The standard InChI is InChI=1S/C22H24N4O2/c1-28-19-9-7-17(8-10-19)16-25-12-14-26(15-13-25)22(27)24-20-6-2-4-18-5-3-11-23-21(18)20/h2-11H,12-16H2,1H3,(H,24,27). The fourth-order valence-electron chi connectivity index (χ4n) is 3.50. The number of rotatable bonds is 4. The van der Waals surface area contributed by atoms with Gasteiger partial charge in [-0.25, -0.2) is 4.79 Å². The molecule has 0 aliphatic carbocycles. The Morgan fingerprint density at radius 3 is 2.54 bits per heavy atom. The van der Waals surface area contributed by atoms with E-state index in [9.17, 15) is 4.79 Å². The lowest BCUT2D eigenvalue weighted by Crippen LogP contribution is -2.49. The van der Waals surface area contributed by atoms with Gasteiger partial charge in [0.05, 0.1) is 18.3 Å². The Morgan fingerprint density at radius 1 is 1.04 bits per heavy atom. The number of piperazine rings is 1. The van der Waals surface area contributed by atoms with Gasteiger partial charge in [0.1, 0.15) is 5.75 Å². The van der Waals surface area contributed by atoms with Crippen molar-refractivity contribution < 1.29 is 9.53 Å². The van der Waals surface area contributed by atoms with Crippen molar-refractivity contribution in [3.05, 3.63) is 66.4 Å². The molecule has 2 heterocycles. The first-order chi connectivity index (χ1) is 13.7. The van der Waals surface area contributed by atoms with Gasteiger partial charge in [0, 0.05) is 44.3 Å². The van der Waals surface area contributed by atoms with Crippen LogP contribution >= 0.6 is 0 Å². The van der Waals surface area contributed by atoms with Gasteiger partial charge < -0.3 is 15.0 Å². The van der Waals surface area contributed by atoms with E-state index in [1.165, 1.54) is 5.56 Å². The van der Waals surface area contributed by atoms with Crippen LogP contribution in [0.4, 0.5) is 10.5 Å². The first-order valence-electron chi connectivity index (χ1n) is 9.48. The lowest BCUT2D eigenvalue weighted by Gasteiger charge is -2.34. The number of hydrogen-bond donors (Lipinski definition) is 1. The molecular weight excluding hydrogens is 352 g/mol. The molecule has 0 unspecified atom stereocenters. The van der Waals surface area contributed by atoms with Gasteiger partial charge in [0.25, 0.3) is 0 Å². The molecule has 4 rings (SSSR count). The number of carbonyl (C=O) groups is 1. The maximum Gasteiger partial charge on any atom is 0.321 e. The van der Waals surface area contributed by atoms with Crippen LogP contribution in [-0.4, -0.2) is 54.1 Å². The van der Waals surface area contributed by atoms with Gasteiger partial charge in [-0.3, -0.25) is 9.88 Å². The van der Waals surface area contributed by atoms with E-state index >= 15 is 0 Å². The molecule has 1 aliphatic rings. The molecule has 1 saturated heterocycles. The average molecular weight is 376 g/mol. The van der Waals surface area contributed by atoms with Crippen LogP contribution in [0.15, 0.2) is 60.8 Å². The summed E-state index contributed by atoms with van der Waals surface area (Å²) in [5.74, 6) is 0.869. The molecule has 1 fully saturated rings. The second-order valence-electron chi connectivity index (χ2n) is 6.92. The Morgan fingerprint density at radius 2 is 1.79 bits per heavy atom. The maximum atomic E-state index is 12.7. The molecule has 0 saturated carbocycles. The number of nitrogens with zero attached hydrogens (tertiary/aromatic N) is 3. The first kappa shape index (κ1) is 18.3. The number of pyridine rings is 1. The summed E-state index contributed by atoms with van der Waals surface area (Å²) in [6.45, 7) is 4.01. The third kappa shape index (κ3) is 4.07. The molecule has 1 N–H and O–H groups in total. The molecule has 1 aliphatic heterocycles. The largest absolute Gasteiger partial charge is 0.497 e. The molecule has 2 aromatic carbocycles. The van der Waals surface area contributed by atoms with Crippen molar-refractivity contribution in [2.75, 3.05) is 38.6 Å². The van der Waals surface area contributed by atoms with E-state index in [0.717, 1.165) is 42.0 Å². The van der Waals surface area contributed by atoms with Gasteiger partial charge in [-0.05, 0) is 29.8 Å². The summed E-state index contributed by atoms with van der Waals surface area (Å²) in [7, 11) is 1.67. The highest BCUT2D eigenvalue weighted by atomic mass is 16.5. The van der Waals surface area contributed by atoms with Crippen LogP contribution in [-0.2, 0) is 6.54 Å². The van der Waals surface area contributed by atoms with E-state index in [2.05, 4.69) is 27.3 Å². The molecule has 1 aromatic heterocycles. The molecular formula is C22H24N4O2. The highest BCUT2D eigenvalue weighted by Gasteiger charge is 2.21. The zero-order valence-corrected chi connectivity index (χ0v) is 16.0. The Bertz CT molecular complexity index is 945. The van der Waals surface area contributed by atoms with Crippen molar-refractivity contribution in [2.45, 2.75) is 6.54 Å². The lowest BCUT2D eigenvalue weighted by atomic mass is 10.2. The highest BCUT2D eigenvalue weighted by Crippen LogP contribution is 2.21. The van der Waals surface area contributed by atoms with Crippen molar-refractivity contribution >= 4 is 22.6 Å². The van der Waals surface area contributed by atoms with E-state index < -0.39 is 0 Å². The molecule has 0 bridgehead atoms. The van der Waals surface area contributed by atoms with Crippen molar-refractivity contribution in [2.24, 2.45) is 0 Å². The fourth-order valence-corrected chi connectivity index (χ4v) is 3.50. The molecule has 0 atom stereocenters. The molecule has 6 heteroatoms. The topological polar surface area (TPSA) is 57.7 Å². The number of urea groups is 1.